The van der Waals surface area contributed by atoms with E-state index in [0.717, 1.165) is 19.0 Å². The Morgan fingerprint density at radius 1 is 1.24 bits per heavy atom. The molecule has 0 bridgehead atoms. The van der Waals surface area contributed by atoms with Crippen LogP contribution in [0.4, 0.5) is 8.78 Å². The molecule has 1 atom stereocenters. The van der Waals surface area contributed by atoms with Gasteiger partial charge in [0.25, 0.3) is 0 Å². The number of rotatable bonds is 5. The van der Waals surface area contributed by atoms with Gasteiger partial charge in [-0.2, -0.15) is 0 Å². The highest BCUT2D eigenvalue weighted by Crippen LogP contribution is 2.20. The summed E-state index contributed by atoms with van der Waals surface area (Å²) in [6.45, 7) is 4.50. The summed E-state index contributed by atoms with van der Waals surface area (Å²) in [6.07, 6.45) is 1.46. The molecule has 1 aromatic rings. The molecule has 0 heterocycles. The topological polar surface area (TPSA) is 12.0 Å². The predicted octanol–water partition coefficient (Wildman–Crippen LogP) is 3.42. The van der Waals surface area contributed by atoms with Crippen molar-refractivity contribution in [3.63, 3.8) is 0 Å². The number of benzene rings is 1. The Bertz CT molecular complexity index is 398. The van der Waals surface area contributed by atoms with Crippen LogP contribution in [0.25, 0.3) is 0 Å². The molecule has 1 aromatic carbocycles. The van der Waals surface area contributed by atoms with Gasteiger partial charge in [-0.05, 0) is 37.6 Å². The summed E-state index contributed by atoms with van der Waals surface area (Å²) < 4.78 is 26.2. The standard InChI is InChI=1S/C14H17F2N/c1-3-5-6-7-14(17-4-2)11-8-12(15)10-13(16)9-11/h8-10,14,17H,4,6-7H2,1-2H3. The van der Waals surface area contributed by atoms with Crippen molar-refractivity contribution >= 4 is 0 Å². The Balaban J connectivity index is 2.82. The maximum Gasteiger partial charge on any atom is 0.126 e. The summed E-state index contributed by atoms with van der Waals surface area (Å²) >= 11 is 0. The van der Waals surface area contributed by atoms with Gasteiger partial charge in [-0.3, -0.25) is 0 Å². The minimum absolute atomic E-state index is 0.0500. The largest absolute Gasteiger partial charge is 0.310 e. The van der Waals surface area contributed by atoms with Crippen LogP contribution in [0, 0.1) is 23.5 Å². The van der Waals surface area contributed by atoms with Gasteiger partial charge < -0.3 is 5.32 Å². The number of halogens is 2. The minimum Gasteiger partial charge on any atom is -0.310 e. The van der Waals surface area contributed by atoms with Gasteiger partial charge in [-0.25, -0.2) is 8.78 Å². The summed E-state index contributed by atoms with van der Waals surface area (Å²) in [4.78, 5) is 0. The number of hydrogen-bond donors (Lipinski definition) is 1. The zero-order valence-electron chi connectivity index (χ0n) is 10.2. The maximum atomic E-state index is 13.1. The molecule has 17 heavy (non-hydrogen) atoms. The normalized spacial score (nSPS) is 11.8. The second-order valence-corrected chi connectivity index (χ2v) is 3.78. The molecule has 0 spiro atoms. The van der Waals surface area contributed by atoms with Gasteiger partial charge in [-0.15, -0.1) is 11.8 Å². The molecule has 1 nitrogen and oxygen atoms in total. The van der Waals surface area contributed by atoms with Crippen LogP contribution in [0.3, 0.4) is 0 Å². The average Bonchev–Trinajstić information content (AvgIpc) is 2.27. The van der Waals surface area contributed by atoms with E-state index in [0.29, 0.717) is 12.0 Å². The summed E-state index contributed by atoms with van der Waals surface area (Å²) in [5.41, 5.74) is 0.641. The van der Waals surface area contributed by atoms with Crippen molar-refractivity contribution in [3.8, 4) is 11.8 Å². The molecule has 0 aromatic heterocycles. The first-order chi connectivity index (χ1) is 8.17. The van der Waals surface area contributed by atoms with Crippen LogP contribution < -0.4 is 5.32 Å². The molecule has 1 rings (SSSR count). The van der Waals surface area contributed by atoms with Gasteiger partial charge in [0.15, 0.2) is 0 Å². The average molecular weight is 237 g/mol. The predicted molar refractivity (Wildman–Crippen MR) is 65.5 cm³/mol. The van der Waals surface area contributed by atoms with Crippen molar-refractivity contribution in [3.05, 3.63) is 35.4 Å². The van der Waals surface area contributed by atoms with Crippen molar-refractivity contribution < 1.29 is 8.78 Å². The van der Waals surface area contributed by atoms with Crippen molar-refractivity contribution in [2.45, 2.75) is 32.7 Å². The second kappa shape index (κ2) is 7.03. The Labute approximate surface area is 101 Å². The molecular weight excluding hydrogens is 220 g/mol. The molecule has 0 saturated carbocycles. The summed E-state index contributed by atoms with van der Waals surface area (Å²) in [5.74, 6) is 4.70. The van der Waals surface area contributed by atoms with Crippen LogP contribution in [-0.2, 0) is 0 Å². The third-order valence-electron chi connectivity index (χ3n) is 2.47. The Kier molecular flexibility index (Phi) is 5.65. The molecule has 3 heteroatoms. The van der Waals surface area contributed by atoms with Gasteiger partial charge in [-0.1, -0.05) is 6.92 Å². The second-order valence-electron chi connectivity index (χ2n) is 3.78. The maximum absolute atomic E-state index is 13.1. The fourth-order valence-corrected chi connectivity index (χ4v) is 1.75. The van der Waals surface area contributed by atoms with E-state index in [9.17, 15) is 8.78 Å². The van der Waals surface area contributed by atoms with Crippen LogP contribution in [0.2, 0.25) is 0 Å². The van der Waals surface area contributed by atoms with Crippen LogP contribution in [0.1, 0.15) is 38.3 Å². The highest BCUT2D eigenvalue weighted by atomic mass is 19.1. The third-order valence-corrected chi connectivity index (χ3v) is 2.47. The first kappa shape index (κ1) is 13.7. The van der Waals surface area contributed by atoms with Gasteiger partial charge in [0.05, 0.1) is 0 Å². The zero-order chi connectivity index (χ0) is 12.7. The Morgan fingerprint density at radius 3 is 2.41 bits per heavy atom. The SMILES string of the molecule is CC#CCCC(NCC)c1cc(F)cc(F)c1. The molecule has 1 unspecified atom stereocenters. The van der Waals surface area contributed by atoms with E-state index in [-0.39, 0.29) is 6.04 Å². The lowest BCUT2D eigenvalue weighted by molar-refractivity contribution is 0.509. The molecule has 0 aliphatic carbocycles. The first-order valence-corrected chi connectivity index (χ1v) is 5.76. The van der Waals surface area contributed by atoms with Crippen LogP contribution in [0.15, 0.2) is 18.2 Å². The zero-order valence-corrected chi connectivity index (χ0v) is 10.2. The van der Waals surface area contributed by atoms with Crippen molar-refractivity contribution in [2.75, 3.05) is 6.54 Å². The molecule has 0 aliphatic heterocycles. The summed E-state index contributed by atoms with van der Waals surface area (Å²) in [7, 11) is 0. The highest BCUT2D eigenvalue weighted by molar-refractivity contribution is 5.21. The molecule has 0 radical (unpaired) electrons. The van der Waals surface area contributed by atoms with Crippen molar-refractivity contribution in [1.82, 2.24) is 5.32 Å². The fraction of sp³-hybridized carbons (Fsp3) is 0.429. The van der Waals surface area contributed by atoms with E-state index in [1.165, 1.54) is 12.1 Å². The smallest absolute Gasteiger partial charge is 0.126 e. The van der Waals surface area contributed by atoms with E-state index in [2.05, 4.69) is 17.2 Å². The van der Waals surface area contributed by atoms with E-state index < -0.39 is 11.6 Å². The van der Waals surface area contributed by atoms with E-state index >= 15 is 0 Å². The summed E-state index contributed by atoms with van der Waals surface area (Å²) in [6, 6.07) is 3.58. The third kappa shape index (κ3) is 4.54. The van der Waals surface area contributed by atoms with Gasteiger partial charge in [0, 0.05) is 18.5 Å². The highest BCUT2D eigenvalue weighted by Gasteiger charge is 2.11. The monoisotopic (exact) mass is 237 g/mol. The molecule has 1 N–H and O–H groups in total. The quantitative estimate of drug-likeness (QED) is 0.774. The van der Waals surface area contributed by atoms with E-state index in [1.807, 2.05) is 6.92 Å². The summed E-state index contributed by atoms with van der Waals surface area (Å²) in [5, 5.41) is 3.21. The lowest BCUT2D eigenvalue weighted by Crippen LogP contribution is -2.21. The molecular formula is C14H17F2N. The molecule has 0 aliphatic rings. The lowest BCUT2D eigenvalue weighted by Gasteiger charge is -2.17. The Hall–Kier alpha value is -1.40. The molecule has 0 saturated heterocycles. The number of nitrogens with one attached hydrogen (secondary N) is 1. The first-order valence-electron chi connectivity index (χ1n) is 5.76. The van der Waals surface area contributed by atoms with Gasteiger partial charge in [0.1, 0.15) is 11.6 Å². The van der Waals surface area contributed by atoms with E-state index in [4.69, 9.17) is 0 Å². The minimum atomic E-state index is -0.538. The molecule has 0 amide bonds. The van der Waals surface area contributed by atoms with Gasteiger partial charge in [0.2, 0.25) is 0 Å². The van der Waals surface area contributed by atoms with E-state index in [1.54, 1.807) is 6.92 Å². The molecule has 92 valence electrons. The van der Waals surface area contributed by atoms with Crippen LogP contribution >= 0.6 is 0 Å². The van der Waals surface area contributed by atoms with Crippen LogP contribution in [0.5, 0.6) is 0 Å². The van der Waals surface area contributed by atoms with Crippen LogP contribution in [-0.4, -0.2) is 6.54 Å². The van der Waals surface area contributed by atoms with Gasteiger partial charge >= 0.3 is 0 Å². The Morgan fingerprint density at radius 2 is 1.88 bits per heavy atom. The van der Waals surface area contributed by atoms with Crippen molar-refractivity contribution in [1.29, 1.82) is 0 Å². The van der Waals surface area contributed by atoms with Crippen molar-refractivity contribution in [2.24, 2.45) is 0 Å². The lowest BCUT2D eigenvalue weighted by atomic mass is 10.0. The molecule has 0 fully saturated rings. The fourth-order valence-electron chi connectivity index (χ4n) is 1.75. The number of hydrogen-bond acceptors (Lipinski definition) is 1.